The molecule has 1 aromatic carbocycles. The number of para-hydroxylation sites is 1. The molecule has 0 fully saturated rings. The van der Waals surface area contributed by atoms with Gasteiger partial charge in [-0.1, -0.05) is 26.0 Å². The number of aromatic nitrogens is 3. The normalized spacial score (nSPS) is 10.7. The Morgan fingerprint density at radius 1 is 1.10 bits per heavy atom. The van der Waals surface area contributed by atoms with Gasteiger partial charge in [-0.3, -0.25) is 0 Å². The molecular formula is C21H24BrN7S. The molecule has 2 heterocycles. The van der Waals surface area contributed by atoms with Crippen molar-refractivity contribution in [3.8, 4) is 0 Å². The van der Waals surface area contributed by atoms with Crippen molar-refractivity contribution in [1.29, 1.82) is 5.41 Å². The van der Waals surface area contributed by atoms with Crippen LogP contribution >= 0.6 is 27.7 Å². The minimum atomic E-state index is 0.425. The predicted molar refractivity (Wildman–Crippen MR) is 130 cm³/mol. The summed E-state index contributed by atoms with van der Waals surface area (Å²) in [6.45, 7) is 6.07. The number of nitrogens with zero attached hydrogens (tertiary/aromatic N) is 3. The van der Waals surface area contributed by atoms with Crippen LogP contribution in [-0.4, -0.2) is 33.0 Å². The van der Waals surface area contributed by atoms with Gasteiger partial charge in [-0.2, -0.15) is 4.98 Å². The van der Waals surface area contributed by atoms with Crippen molar-refractivity contribution in [1.82, 2.24) is 15.0 Å². The van der Waals surface area contributed by atoms with Crippen molar-refractivity contribution in [2.75, 3.05) is 23.0 Å². The molecule has 2 aromatic heterocycles. The van der Waals surface area contributed by atoms with Gasteiger partial charge in [-0.15, -0.1) is 11.8 Å². The quantitative estimate of drug-likeness (QED) is 0.227. The molecule has 0 aliphatic rings. The number of rotatable bonds is 8. The molecule has 0 amide bonds. The van der Waals surface area contributed by atoms with Gasteiger partial charge < -0.3 is 21.4 Å². The van der Waals surface area contributed by atoms with Crippen LogP contribution in [0.2, 0.25) is 0 Å². The second-order valence-corrected chi connectivity index (χ2v) is 9.27. The third-order valence-electron chi connectivity index (χ3n) is 4.03. The Bertz CT molecular complexity index is 1060. The number of thioether (sulfide) groups is 1. The fraction of sp³-hybridized carbons (Fsp3) is 0.238. The summed E-state index contributed by atoms with van der Waals surface area (Å²) in [5.74, 6) is 1.75. The fourth-order valence-electron chi connectivity index (χ4n) is 2.72. The third-order valence-corrected chi connectivity index (χ3v) is 5.69. The molecule has 7 nitrogen and oxygen atoms in total. The molecular weight excluding hydrogens is 462 g/mol. The van der Waals surface area contributed by atoms with E-state index in [9.17, 15) is 0 Å². The van der Waals surface area contributed by atoms with Crippen LogP contribution in [0.5, 0.6) is 0 Å². The minimum absolute atomic E-state index is 0.425. The molecule has 0 aliphatic carbocycles. The smallest absolute Gasteiger partial charge is 0.229 e. The van der Waals surface area contributed by atoms with Gasteiger partial charge in [0.25, 0.3) is 0 Å². The Hall–Kier alpha value is -2.65. The van der Waals surface area contributed by atoms with Crippen molar-refractivity contribution in [3.05, 3.63) is 52.8 Å². The maximum atomic E-state index is 7.95. The highest BCUT2D eigenvalue weighted by Gasteiger charge is 2.11. The third kappa shape index (κ3) is 5.48. The molecule has 3 aromatic rings. The van der Waals surface area contributed by atoms with Crippen LogP contribution in [-0.2, 0) is 0 Å². The standard InChI is InChI=1S/C21H24BrN7S/c1-12(2)30-18-8-6-5-7-17(18)28-20-16(22)11-26-21(29-20)27-14-9-15(13(3)23)19(24-4)25-10-14/h5-12,23H,1-4H3,(H,24,25)(H2,26,27,28,29). The van der Waals surface area contributed by atoms with Crippen LogP contribution < -0.4 is 16.0 Å². The molecule has 30 heavy (non-hydrogen) atoms. The second-order valence-electron chi connectivity index (χ2n) is 6.80. The van der Waals surface area contributed by atoms with E-state index in [1.165, 1.54) is 0 Å². The largest absolute Gasteiger partial charge is 0.373 e. The molecule has 156 valence electrons. The number of benzene rings is 1. The van der Waals surface area contributed by atoms with Crippen molar-refractivity contribution in [2.24, 2.45) is 0 Å². The van der Waals surface area contributed by atoms with E-state index >= 15 is 0 Å². The first-order chi connectivity index (χ1) is 14.4. The summed E-state index contributed by atoms with van der Waals surface area (Å²) in [4.78, 5) is 14.5. The van der Waals surface area contributed by atoms with E-state index in [2.05, 4.69) is 66.7 Å². The van der Waals surface area contributed by atoms with Crippen LogP contribution in [0.3, 0.4) is 0 Å². The van der Waals surface area contributed by atoms with Gasteiger partial charge in [0.2, 0.25) is 5.95 Å². The molecule has 0 spiro atoms. The number of hydrogen-bond acceptors (Lipinski definition) is 8. The van der Waals surface area contributed by atoms with Gasteiger partial charge in [0.1, 0.15) is 11.6 Å². The average molecular weight is 486 g/mol. The summed E-state index contributed by atoms with van der Waals surface area (Å²) in [7, 11) is 1.78. The van der Waals surface area contributed by atoms with Crippen molar-refractivity contribution < 1.29 is 0 Å². The highest BCUT2D eigenvalue weighted by atomic mass is 79.9. The van der Waals surface area contributed by atoms with Crippen molar-refractivity contribution in [2.45, 2.75) is 30.9 Å². The first kappa shape index (κ1) is 22.0. The number of pyridine rings is 1. The summed E-state index contributed by atoms with van der Waals surface area (Å²) in [5, 5.41) is 18.0. The zero-order chi connectivity index (χ0) is 21.7. The highest BCUT2D eigenvalue weighted by molar-refractivity contribution is 9.10. The number of hydrogen-bond donors (Lipinski definition) is 4. The number of nitrogens with one attached hydrogen (secondary N) is 4. The average Bonchev–Trinajstić information content (AvgIpc) is 2.71. The lowest BCUT2D eigenvalue weighted by atomic mass is 10.1. The molecule has 0 aliphatic heterocycles. The monoisotopic (exact) mass is 485 g/mol. The van der Waals surface area contributed by atoms with Gasteiger partial charge >= 0.3 is 0 Å². The molecule has 0 radical (unpaired) electrons. The first-order valence-electron chi connectivity index (χ1n) is 9.43. The van der Waals surface area contributed by atoms with E-state index in [0.29, 0.717) is 34.2 Å². The maximum absolute atomic E-state index is 7.95. The zero-order valence-electron chi connectivity index (χ0n) is 17.2. The topological polar surface area (TPSA) is 98.6 Å². The van der Waals surface area contributed by atoms with Gasteiger partial charge in [0.05, 0.1) is 22.0 Å². The Morgan fingerprint density at radius 3 is 2.57 bits per heavy atom. The van der Waals surface area contributed by atoms with E-state index in [1.54, 1.807) is 38.1 Å². The van der Waals surface area contributed by atoms with Gasteiger partial charge in [0, 0.05) is 34.7 Å². The number of halogens is 1. The predicted octanol–water partition coefficient (Wildman–Crippen LogP) is 6.05. The Labute approximate surface area is 189 Å². The summed E-state index contributed by atoms with van der Waals surface area (Å²) in [6, 6.07) is 10.0. The van der Waals surface area contributed by atoms with Crippen LogP contribution in [0.4, 0.5) is 29.0 Å². The van der Waals surface area contributed by atoms with E-state index in [1.807, 2.05) is 24.3 Å². The Kier molecular flexibility index (Phi) is 7.28. The summed E-state index contributed by atoms with van der Waals surface area (Å²) >= 11 is 5.32. The minimum Gasteiger partial charge on any atom is -0.373 e. The molecule has 9 heteroatoms. The maximum Gasteiger partial charge on any atom is 0.229 e. The molecule has 0 bridgehead atoms. The van der Waals surface area contributed by atoms with Gasteiger partial charge in [-0.25, -0.2) is 9.97 Å². The molecule has 3 rings (SSSR count). The molecule has 0 unspecified atom stereocenters. The van der Waals surface area contributed by atoms with Gasteiger partial charge in [0.15, 0.2) is 0 Å². The molecule has 0 saturated heterocycles. The summed E-state index contributed by atoms with van der Waals surface area (Å²) in [5.41, 5.74) is 2.84. The number of anilines is 5. The zero-order valence-corrected chi connectivity index (χ0v) is 19.6. The van der Waals surface area contributed by atoms with Crippen LogP contribution in [0.1, 0.15) is 26.3 Å². The van der Waals surface area contributed by atoms with E-state index in [4.69, 9.17) is 5.41 Å². The lowest BCUT2D eigenvalue weighted by molar-refractivity contribution is 1.11. The van der Waals surface area contributed by atoms with Crippen molar-refractivity contribution >= 4 is 62.4 Å². The fourth-order valence-corrected chi connectivity index (χ4v) is 3.92. The first-order valence-corrected chi connectivity index (χ1v) is 11.1. The van der Waals surface area contributed by atoms with Gasteiger partial charge in [-0.05, 0) is 41.1 Å². The summed E-state index contributed by atoms with van der Waals surface area (Å²) < 4.78 is 0.761. The second kappa shape index (κ2) is 9.90. The lowest BCUT2D eigenvalue weighted by Crippen LogP contribution is -2.06. The Balaban J connectivity index is 1.86. The van der Waals surface area contributed by atoms with Crippen molar-refractivity contribution in [3.63, 3.8) is 0 Å². The summed E-state index contributed by atoms with van der Waals surface area (Å²) in [6.07, 6.45) is 3.39. The van der Waals surface area contributed by atoms with Crippen LogP contribution in [0.15, 0.2) is 52.1 Å². The van der Waals surface area contributed by atoms with E-state index < -0.39 is 0 Å². The Morgan fingerprint density at radius 2 is 1.87 bits per heavy atom. The van der Waals surface area contributed by atoms with Crippen LogP contribution in [0, 0.1) is 5.41 Å². The van der Waals surface area contributed by atoms with E-state index in [0.717, 1.165) is 20.6 Å². The SMILES string of the molecule is CNc1ncc(Nc2ncc(Br)c(Nc3ccccc3SC(C)C)n2)cc1C(C)=N. The lowest BCUT2D eigenvalue weighted by Gasteiger charge is -2.15. The highest BCUT2D eigenvalue weighted by Crippen LogP contribution is 2.33. The van der Waals surface area contributed by atoms with E-state index in [-0.39, 0.29) is 0 Å². The molecule has 0 saturated carbocycles. The van der Waals surface area contributed by atoms with Crippen LogP contribution in [0.25, 0.3) is 0 Å². The molecule has 0 atom stereocenters. The molecule has 4 N–H and O–H groups in total.